The maximum atomic E-state index is 12.3. The monoisotopic (exact) mass is 374 g/mol. The maximum absolute atomic E-state index is 12.3. The lowest BCUT2D eigenvalue weighted by Gasteiger charge is -2.31. The van der Waals surface area contributed by atoms with Crippen molar-refractivity contribution in [3.63, 3.8) is 0 Å². The number of nitrogens with zero attached hydrogens (tertiary/aromatic N) is 1. The summed E-state index contributed by atoms with van der Waals surface area (Å²) >= 11 is 1.95. The molecule has 1 aromatic rings. The summed E-state index contributed by atoms with van der Waals surface area (Å²) < 4.78 is 6.53. The van der Waals surface area contributed by atoms with Gasteiger partial charge in [0.15, 0.2) is 0 Å². The van der Waals surface area contributed by atoms with E-state index in [1.54, 1.807) is 0 Å². The first kappa shape index (κ1) is 17.2. The molecule has 3 saturated heterocycles. The Kier molecular flexibility index (Phi) is 4.37. The highest BCUT2D eigenvalue weighted by Crippen LogP contribution is 2.54. The summed E-state index contributed by atoms with van der Waals surface area (Å²) in [5.41, 5.74) is 0.0708. The first-order valence-corrected chi connectivity index (χ1v) is 11.2. The fourth-order valence-electron chi connectivity index (χ4n) is 5.63. The van der Waals surface area contributed by atoms with Gasteiger partial charge in [-0.1, -0.05) is 13.3 Å². The topological polar surface area (TPSA) is 41.6 Å². The van der Waals surface area contributed by atoms with Gasteiger partial charge in [0.2, 0.25) is 5.91 Å². The van der Waals surface area contributed by atoms with Crippen LogP contribution in [-0.2, 0) is 22.5 Å². The summed E-state index contributed by atoms with van der Waals surface area (Å²) in [5, 5.41) is 3.26. The summed E-state index contributed by atoms with van der Waals surface area (Å²) in [7, 11) is 0. The fourth-order valence-corrected chi connectivity index (χ4v) is 6.63. The van der Waals surface area contributed by atoms with Crippen LogP contribution in [-0.4, -0.2) is 42.1 Å². The third kappa shape index (κ3) is 2.83. The molecule has 1 N–H and O–H groups in total. The molecular weight excluding hydrogens is 344 g/mol. The number of carbonyl (C=O) groups excluding carboxylic acids is 1. The Morgan fingerprint density at radius 2 is 2.19 bits per heavy atom. The van der Waals surface area contributed by atoms with Gasteiger partial charge in [0.1, 0.15) is 0 Å². The highest BCUT2D eigenvalue weighted by Gasteiger charge is 2.62. The Labute approximate surface area is 160 Å². The second-order valence-corrected chi connectivity index (χ2v) is 10.0. The van der Waals surface area contributed by atoms with E-state index in [9.17, 15) is 4.79 Å². The molecule has 0 unspecified atom stereocenters. The number of hydrogen-bond donors (Lipinski definition) is 1. The van der Waals surface area contributed by atoms with Crippen molar-refractivity contribution >= 4 is 17.2 Å². The number of thiophene rings is 1. The van der Waals surface area contributed by atoms with E-state index >= 15 is 0 Å². The third-order valence-electron chi connectivity index (χ3n) is 7.29. The molecule has 3 aliphatic heterocycles. The maximum Gasteiger partial charge on any atom is 0.223 e. The molecule has 0 aromatic carbocycles. The van der Waals surface area contributed by atoms with Crippen molar-refractivity contribution in [3.05, 3.63) is 21.9 Å². The average Bonchev–Trinajstić information content (AvgIpc) is 3.31. The van der Waals surface area contributed by atoms with Crippen LogP contribution in [0.1, 0.15) is 48.8 Å². The lowest BCUT2D eigenvalue weighted by molar-refractivity contribution is -0.127. The first-order valence-electron chi connectivity index (χ1n) is 10.4. The van der Waals surface area contributed by atoms with Gasteiger partial charge >= 0.3 is 0 Å². The number of likely N-dealkylation sites (tertiary alicyclic amines) is 1. The standard InChI is InChI=1S/C21H30N2O2S/c1-2-15-6-7-16(26-15)11-23-12-18-17(10-22-20(24)14-4-3-5-14)19-8-9-21(18,13-23)25-19/h6-7,14,17-19H,2-5,8-13H2,1H3,(H,22,24)/t17-,18+,19+,21+/m0/s1. The number of nitrogens with one attached hydrogen (secondary N) is 1. The minimum atomic E-state index is 0.0708. The van der Waals surface area contributed by atoms with E-state index in [-0.39, 0.29) is 17.4 Å². The molecule has 4 aliphatic rings. The van der Waals surface area contributed by atoms with E-state index in [0.29, 0.717) is 17.9 Å². The van der Waals surface area contributed by atoms with Gasteiger partial charge in [0.25, 0.3) is 0 Å². The van der Waals surface area contributed by atoms with Crippen LogP contribution >= 0.6 is 11.3 Å². The molecule has 142 valence electrons. The second-order valence-electron chi connectivity index (χ2n) is 8.79. The smallest absolute Gasteiger partial charge is 0.223 e. The molecule has 5 heteroatoms. The van der Waals surface area contributed by atoms with Gasteiger partial charge in [-0.05, 0) is 44.2 Å². The molecule has 0 radical (unpaired) electrons. The third-order valence-corrected chi connectivity index (χ3v) is 8.50. The summed E-state index contributed by atoms with van der Waals surface area (Å²) in [5.74, 6) is 1.67. The first-order chi connectivity index (χ1) is 12.7. The van der Waals surface area contributed by atoms with Crippen molar-refractivity contribution in [3.8, 4) is 0 Å². The normalized spacial score (nSPS) is 36.3. The van der Waals surface area contributed by atoms with E-state index < -0.39 is 0 Å². The Morgan fingerprint density at radius 1 is 1.35 bits per heavy atom. The van der Waals surface area contributed by atoms with Crippen molar-refractivity contribution in [1.29, 1.82) is 0 Å². The van der Waals surface area contributed by atoms with Gasteiger partial charge in [-0.15, -0.1) is 11.3 Å². The zero-order valence-corrected chi connectivity index (χ0v) is 16.5. The molecule has 2 bridgehead atoms. The van der Waals surface area contributed by atoms with Crippen LogP contribution in [0.25, 0.3) is 0 Å². The molecule has 4 atom stereocenters. The van der Waals surface area contributed by atoms with Crippen molar-refractivity contribution in [1.82, 2.24) is 10.2 Å². The van der Waals surface area contributed by atoms with E-state index in [4.69, 9.17) is 4.74 Å². The molecule has 1 saturated carbocycles. The SMILES string of the molecule is CCc1ccc(CN2C[C@@H]3[C@H](CNC(=O)C4CCC4)[C@H]4CC[C@]3(C2)O4)s1. The van der Waals surface area contributed by atoms with Gasteiger partial charge in [0.05, 0.1) is 11.7 Å². The van der Waals surface area contributed by atoms with Crippen LogP contribution in [0, 0.1) is 17.8 Å². The van der Waals surface area contributed by atoms with E-state index in [1.807, 2.05) is 11.3 Å². The minimum absolute atomic E-state index is 0.0708. The quantitative estimate of drug-likeness (QED) is 0.831. The van der Waals surface area contributed by atoms with Gasteiger partial charge < -0.3 is 10.1 Å². The van der Waals surface area contributed by atoms with Crippen LogP contribution in [0.15, 0.2) is 12.1 Å². The van der Waals surface area contributed by atoms with Gasteiger partial charge in [0, 0.05) is 53.7 Å². The van der Waals surface area contributed by atoms with E-state index in [1.165, 1.54) is 29.0 Å². The second kappa shape index (κ2) is 6.61. The summed E-state index contributed by atoms with van der Waals surface area (Å²) in [6.07, 6.45) is 7.26. The number of ether oxygens (including phenoxy) is 1. The highest BCUT2D eigenvalue weighted by atomic mass is 32.1. The minimum Gasteiger partial charge on any atom is -0.370 e. The molecular formula is C21H30N2O2S. The van der Waals surface area contributed by atoms with Crippen LogP contribution < -0.4 is 5.32 Å². The predicted molar refractivity (Wildman–Crippen MR) is 103 cm³/mol. The zero-order chi connectivity index (χ0) is 17.7. The lowest BCUT2D eigenvalue weighted by atomic mass is 9.73. The van der Waals surface area contributed by atoms with Gasteiger partial charge in [-0.2, -0.15) is 0 Å². The Bertz CT molecular complexity index is 685. The molecule has 1 amide bonds. The summed E-state index contributed by atoms with van der Waals surface area (Å²) in [6.45, 7) is 6.29. The molecule has 26 heavy (non-hydrogen) atoms. The molecule has 5 rings (SSSR count). The van der Waals surface area contributed by atoms with Gasteiger partial charge in [-0.25, -0.2) is 0 Å². The number of aryl methyl sites for hydroxylation is 1. The van der Waals surface area contributed by atoms with E-state index in [2.05, 4.69) is 29.3 Å². The number of rotatable bonds is 6. The Hall–Kier alpha value is -0.910. The fraction of sp³-hybridized carbons (Fsp3) is 0.762. The van der Waals surface area contributed by atoms with Crippen LogP contribution in [0.2, 0.25) is 0 Å². The van der Waals surface area contributed by atoms with Crippen LogP contribution in [0.3, 0.4) is 0 Å². The molecule has 4 nitrogen and oxygen atoms in total. The molecule has 1 spiro atoms. The van der Waals surface area contributed by atoms with Crippen LogP contribution in [0.4, 0.5) is 0 Å². The van der Waals surface area contributed by atoms with E-state index in [0.717, 1.165) is 45.4 Å². The largest absolute Gasteiger partial charge is 0.370 e. The van der Waals surface area contributed by atoms with Gasteiger partial charge in [-0.3, -0.25) is 9.69 Å². The summed E-state index contributed by atoms with van der Waals surface area (Å²) in [6, 6.07) is 4.57. The van der Waals surface area contributed by atoms with Crippen molar-refractivity contribution in [2.75, 3.05) is 19.6 Å². The van der Waals surface area contributed by atoms with Crippen molar-refractivity contribution in [2.24, 2.45) is 17.8 Å². The average molecular weight is 375 g/mol. The zero-order valence-electron chi connectivity index (χ0n) is 15.7. The Morgan fingerprint density at radius 3 is 2.92 bits per heavy atom. The molecule has 4 fully saturated rings. The lowest BCUT2D eigenvalue weighted by Crippen LogP contribution is -2.44. The molecule has 4 heterocycles. The number of hydrogen-bond acceptors (Lipinski definition) is 4. The summed E-state index contributed by atoms with van der Waals surface area (Å²) in [4.78, 5) is 17.8. The highest BCUT2D eigenvalue weighted by molar-refractivity contribution is 7.11. The molecule has 1 aromatic heterocycles. The number of carbonyl (C=O) groups is 1. The Balaban J connectivity index is 1.22. The van der Waals surface area contributed by atoms with Crippen LogP contribution in [0.5, 0.6) is 0 Å². The molecule has 1 aliphatic carbocycles. The number of fused-ring (bicyclic) bond motifs is 1. The predicted octanol–water partition coefficient (Wildman–Crippen LogP) is 3.21. The number of amides is 1. The van der Waals surface area contributed by atoms with Crippen molar-refractivity contribution < 1.29 is 9.53 Å². The van der Waals surface area contributed by atoms with Crippen molar-refractivity contribution in [2.45, 2.75) is 63.7 Å².